The van der Waals surface area contributed by atoms with Gasteiger partial charge in [-0.15, -0.1) is 0 Å². The van der Waals surface area contributed by atoms with Gasteiger partial charge in [-0.3, -0.25) is 9.59 Å². The van der Waals surface area contributed by atoms with Gasteiger partial charge in [0, 0.05) is 12.2 Å². The standard InChI is InChI=1S/2C7H12O3.2C3H8O.Zr/c2*1-3-4-6(5(2)8)7(9)10;2*1-3(2)4;/h2*6H,3-4H2,1-2H3,(H,9,10);2*3-4H,1-2H3;/q;;;;+2/p-2. The molecule has 0 saturated heterocycles. The van der Waals surface area contributed by atoms with Crippen molar-refractivity contribution in [2.75, 3.05) is 0 Å². The van der Waals surface area contributed by atoms with Crippen LogP contribution in [0.5, 0.6) is 0 Å². The van der Waals surface area contributed by atoms with Gasteiger partial charge in [-0.2, -0.15) is 0 Å². The zero-order chi connectivity index (χ0) is 23.4. The van der Waals surface area contributed by atoms with Crippen LogP contribution in [0.25, 0.3) is 0 Å². The molecule has 170 valence electrons. The largest absolute Gasteiger partial charge is 2.00 e. The van der Waals surface area contributed by atoms with E-state index in [0.717, 1.165) is 0 Å². The Labute approximate surface area is 194 Å². The summed E-state index contributed by atoms with van der Waals surface area (Å²) in [5.74, 6) is -4.94. The van der Waals surface area contributed by atoms with Crippen molar-refractivity contribution in [1.29, 1.82) is 0 Å². The molecule has 0 bridgehead atoms. The molecule has 0 fully saturated rings. The molecule has 2 atom stereocenters. The number of aliphatic hydroxyl groups is 2. The predicted molar refractivity (Wildman–Crippen MR) is 103 cm³/mol. The molecular formula is C20H38O8Zr. The second-order valence-electron chi connectivity index (χ2n) is 6.73. The summed E-state index contributed by atoms with van der Waals surface area (Å²) in [7, 11) is 0. The fraction of sp³-hybridized carbons (Fsp3) is 0.800. The fourth-order valence-electron chi connectivity index (χ4n) is 1.55. The topological polar surface area (TPSA) is 155 Å². The molecule has 29 heavy (non-hydrogen) atoms. The number of ketones is 2. The van der Waals surface area contributed by atoms with Crippen LogP contribution in [0.15, 0.2) is 0 Å². The molecule has 0 saturated carbocycles. The van der Waals surface area contributed by atoms with Crippen molar-refractivity contribution in [3.63, 3.8) is 0 Å². The number of aliphatic hydroxyl groups excluding tert-OH is 2. The monoisotopic (exact) mass is 496 g/mol. The Morgan fingerprint density at radius 2 is 0.862 bits per heavy atom. The molecule has 8 nitrogen and oxygen atoms in total. The maximum atomic E-state index is 10.6. The first-order valence-electron chi connectivity index (χ1n) is 9.44. The van der Waals surface area contributed by atoms with Crippen molar-refractivity contribution in [1.82, 2.24) is 0 Å². The number of rotatable bonds is 8. The summed E-state index contributed by atoms with van der Waals surface area (Å²) in [4.78, 5) is 41.5. The van der Waals surface area contributed by atoms with E-state index < -0.39 is 23.8 Å². The first-order chi connectivity index (χ1) is 12.6. The molecule has 9 heteroatoms. The number of aliphatic carboxylic acids is 2. The van der Waals surface area contributed by atoms with E-state index >= 15 is 0 Å². The van der Waals surface area contributed by atoms with Crippen LogP contribution in [-0.2, 0) is 45.4 Å². The number of carbonyl (C=O) groups is 4. The van der Waals surface area contributed by atoms with Crippen LogP contribution >= 0.6 is 0 Å². The van der Waals surface area contributed by atoms with Gasteiger partial charge in [0.15, 0.2) is 0 Å². The van der Waals surface area contributed by atoms with E-state index in [4.69, 9.17) is 10.2 Å². The first-order valence-corrected chi connectivity index (χ1v) is 9.44. The van der Waals surface area contributed by atoms with Crippen molar-refractivity contribution < 1.29 is 65.8 Å². The van der Waals surface area contributed by atoms with Gasteiger partial charge in [-0.05, 0) is 54.4 Å². The van der Waals surface area contributed by atoms with Gasteiger partial charge in [0.05, 0.1) is 23.8 Å². The SMILES string of the molecule is CC(C)O.CC(C)O.CCCC(C(C)=O)C(=O)[O-].CCCC(C(C)=O)C(=O)[O-].[Zr+2]. The van der Waals surface area contributed by atoms with Crippen molar-refractivity contribution in [3.05, 3.63) is 0 Å². The summed E-state index contributed by atoms with van der Waals surface area (Å²) in [5, 5.41) is 36.5. The second kappa shape index (κ2) is 25.1. The third-order valence-corrected chi connectivity index (χ3v) is 2.71. The first kappa shape index (κ1) is 38.7. The Morgan fingerprint density at radius 1 is 0.690 bits per heavy atom. The van der Waals surface area contributed by atoms with Gasteiger partial charge in [0.2, 0.25) is 0 Å². The van der Waals surface area contributed by atoms with E-state index in [-0.39, 0.29) is 50.0 Å². The smallest absolute Gasteiger partial charge is 0.549 e. The van der Waals surface area contributed by atoms with Gasteiger partial charge in [0.25, 0.3) is 0 Å². The normalized spacial score (nSPS) is 11.2. The van der Waals surface area contributed by atoms with Crippen LogP contribution in [0, 0.1) is 11.8 Å². The molecule has 0 amide bonds. The number of hydrogen-bond donors (Lipinski definition) is 2. The number of carboxylic acids is 2. The maximum Gasteiger partial charge on any atom is 2.00 e. The molecule has 0 spiro atoms. The van der Waals surface area contributed by atoms with E-state index in [0.29, 0.717) is 25.7 Å². The van der Waals surface area contributed by atoms with Crippen LogP contribution in [0.1, 0.15) is 81.1 Å². The van der Waals surface area contributed by atoms with E-state index in [1.807, 2.05) is 13.8 Å². The molecule has 0 radical (unpaired) electrons. The number of carboxylic acid groups (broad SMARTS) is 2. The third-order valence-electron chi connectivity index (χ3n) is 2.71. The number of Topliss-reactive ketones (excluding diaryl/α,β-unsaturated/α-hetero) is 2. The average molecular weight is 498 g/mol. The van der Waals surface area contributed by atoms with Crippen LogP contribution in [0.2, 0.25) is 0 Å². The van der Waals surface area contributed by atoms with Crippen molar-refractivity contribution in [2.24, 2.45) is 11.8 Å². The van der Waals surface area contributed by atoms with Crippen molar-refractivity contribution >= 4 is 23.5 Å². The van der Waals surface area contributed by atoms with Gasteiger partial charge in [0.1, 0.15) is 11.6 Å². The zero-order valence-corrected chi connectivity index (χ0v) is 21.4. The molecule has 2 N–H and O–H groups in total. The Morgan fingerprint density at radius 3 is 0.897 bits per heavy atom. The van der Waals surface area contributed by atoms with Crippen LogP contribution < -0.4 is 10.2 Å². The molecule has 0 aliphatic carbocycles. The molecule has 0 aromatic heterocycles. The predicted octanol–water partition coefficient (Wildman–Crippen LogP) is 0.255. The third kappa shape index (κ3) is 38.3. The van der Waals surface area contributed by atoms with E-state index in [1.165, 1.54) is 13.8 Å². The summed E-state index contributed by atoms with van der Waals surface area (Å²) in [5.41, 5.74) is 0. The Hall–Kier alpha value is -0.917. The van der Waals surface area contributed by atoms with Gasteiger partial charge in [-0.1, -0.05) is 26.7 Å². The Balaban J connectivity index is -0.0000000950. The fourth-order valence-corrected chi connectivity index (χ4v) is 1.55. The van der Waals surface area contributed by atoms with Gasteiger partial charge < -0.3 is 30.0 Å². The van der Waals surface area contributed by atoms with Crippen LogP contribution in [-0.4, -0.2) is 45.9 Å². The van der Waals surface area contributed by atoms with E-state index in [9.17, 15) is 29.4 Å². The molecule has 0 heterocycles. The summed E-state index contributed by atoms with van der Waals surface area (Å²) >= 11 is 0. The van der Waals surface area contributed by atoms with Gasteiger partial charge in [-0.25, -0.2) is 0 Å². The molecule has 0 aliphatic rings. The minimum Gasteiger partial charge on any atom is -0.549 e. The zero-order valence-electron chi connectivity index (χ0n) is 19.0. The second-order valence-corrected chi connectivity index (χ2v) is 6.73. The summed E-state index contributed by atoms with van der Waals surface area (Å²) in [6, 6.07) is 0. The summed E-state index contributed by atoms with van der Waals surface area (Å²) in [6.45, 7) is 13.1. The molecule has 0 rings (SSSR count). The van der Waals surface area contributed by atoms with Crippen LogP contribution in [0.4, 0.5) is 0 Å². The Kier molecular flexibility index (Phi) is 33.5. The average Bonchev–Trinajstić information content (AvgIpc) is 2.48. The maximum absolute atomic E-state index is 10.6. The number of carbonyl (C=O) groups excluding carboxylic acids is 4. The molecule has 0 aromatic rings. The van der Waals surface area contributed by atoms with Crippen molar-refractivity contribution in [2.45, 2.75) is 93.3 Å². The summed E-state index contributed by atoms with van der Waals surface area (Å²) in [6.07, 6.45) is 1.83. The number of hydrogen-bond acceptors (Lipinski definition) is 8. The van der Waals surface area contributed by atoms with Crippen molar-refractivity contribution in [3.8, 4) is 0 Å². The molecule has 0 aromatic carbocycles. The minimum absolute atomic E-state index is 0. The van der Waals surface area contributed by atoms with Crippen LogP contribution in [0.3, 0.4) is 0 Å². The Bertz CT molecular complexity index is 363. The minimum atomic E-state index is -1.26. The van der Waals surface area contributed by atoms with Gasteiger partial charge >= 0.3 is 26.2 Å². The van der Waals surface area contributed by atoms with E-state index in [2.05, 4.69) is 0 Å². The molecular weight excluding hydrogens is 459 g/mol. The van der Waals surface area contributed by atoms with E-state index in [1.54, 1.807) is 27.7 Å². The quantitative estimate of drug-likeness (QED) is 0.452. The molecule has 2 unspecified atom stereocenters. The molecule has 0 aliphatic heterocycles. The summed E-state index contributed by atoms with van der Waals surface area (Å²) < 4.78 is 0.